The van der Waals surface area contributed by atoms with Crippen molar-refractivity contribution in [3.8, 4) is 0 Å². The van der Waals surface area contributed by atoms with Crippen LogP contribution in [0.25, 0.3) is 0 Å². The smallest absolute Gasteiger partial charge is 0.411 e. The maximum atomic E-state index is 11.7. The Morgan fingerprint density at radius 3 is 2.78 bits per heavy atom. The van der Waals surface area contributed by atoms with E-state index >= 15 is 0 Å². The van der Waals surface area contributed by atoms with Crippen molar-refractivity contribution < 1.29 is 27.1 Å². The normalized spacial score (nSPS) is 11.3. The summed E-state index contributed by atoms with van der Waals surface area (Å²) in [6, 6.07) is 2.87. The summed E-state index contributed by atoms with van der Waals surface area (Å²) in [5.41, 5.74) is 0. The van der Waals surface area contributed by atoms with E-state index in [0.29, 0.717) is 5.76 Å². The number of alkyl halides is 3. The lowest BCUT2D eigenvalue weighted by atomic mass is 10.4. The monoisotopic (exact) mass is 266 g/mol. The van der Waals surface area contributed by atoms with Gasteiger partial charge in [-0.15, -0.1) is 0 Å². The Hall–Kier alpha value is -1.70. The molecule has 0 aromatic carbocycles. The van der Waals surface area contributed by atoms with Crippen LogP contribution in [-0.4, -0.2) is 32.0 Å². The molecule has 1 aromatic rings. The van der Waals surface area contributed by atoms with E-state index in [0.717, 1.165) is 0 Å². The van der Waals surface area contributed by atoms with Crippen molar-refractivity contribution in [1.29, 1.82) is 0 Å². The van der Waals surface area contributed by atoms with Crippen LogP contribution in [0.15, 0.2) is 22.8 Å². The third-order valence-corrected chi connectivity index (χ3v) is 1.80. The zero-order valence-corrected chi connectivity index (χ0v) is 9.42. The highest BCUT2D eigenvalue weighted by Crippen LogP contribution is 2.13. The average molecular weight is 266 g/mol. The van der Waals surface area contributed by atoms with Gasteiger partial charge in [0.25, 0.3) is 0 Å². The first-order valence-electron chi connectivity index (χ1n) is 5.16. The molecule has 102 valence electrons. The molecule has 0 unspecified atom stereocenters. The van der Waals surface area contributed by atoms with E-state index in [1.807, 2.05) is 0 Å². The van der Waals surface area contributed by atoms with E-state index < -0.39 is 18.8 Å². The van der Waals surface area contributed by atoms with Crippen LogP contribution >= 0.6 is 0 Å². The molecule has 1 aromatic heterocycles. The highest BCUT2D eigenvalue weighted by Gasteiger charge is 2.27. The summed E-state index contributed by atoms with van der Waals surface area (Å²) in [5.74, 6) is 0.582. The third kappa shape index (κ3) is 6.79. The summed E-state index contributed by atoms with van der Waals surface area (Å²) in [6.45, 7) is -1.31. The minimum atomic E-state index is -4.35. The van der Waals surface area contributed by atoms with Crippen LogP contribution in [0.5, 0.6) is 0 Å². The highest BCUT2D eigenvalue weighted by atomic mass is 19.4. The van der Waals surface area contributed by atoms with Gasteiger partial charge >= 0.3 is 12.2 Å². The maximum absolute atomic E-state index is 11.7. The van der Waals surface area contributed by atoms with E-state index in [1.165, 1.54) is 6.26 Å². The molecule has 0 aliphatic rings. The highest BCUT2D eigenvalue weighted by molar-refractivity contribution is 5.73. The van der Waals surface area contributed by atoms with Gasteiger partial charge in [-0.25, -0.2) is 4.79 Å². The van der Waals surface area contributed by atoms with Gasteiger partial charge in [0.05, 0.1) is 19.4 Å². The van der Waals surface area contributed by atoms with Crippen LogP contribution in [0.2, 0.25) is 0 Å². The molecule has 0 saturated carbocycles. The van der Waals surface area contributed by atoms with Gasteiger partial charge in [0.1, 0.15) is 12.4 Å². The summed E-state index contributed by atoms with van der Waals surface area (Å²) < 4.78 is 44.3. The number of carbonyl (C=O) groups is 1. The predicted octanol–water partition coefficient (Wildman–Crippen LogP) is 1.66. The van der Waals surface area contributed by atoms with Crippen LogP contribution in [-0.2, 0) is 11.3 Å². The summed E-state index contributed by atoms with van der Waals surface area (Å²) in [7, 11) is 0. The van der Waals surface area contributed by atoms with Crippen molar-refractivity contribution in [2.24, 2.45) is 0 Å². The predicted molar refractivity (Wildman–Crippen MR) is 55.8 cm³/mol. The molecule has 0 aliphatic carbocycles. The zero-order valence-electron chi connectivity index (χ0n) is 9.42. The van der Waals surface area contributed by atoms with Gasteiger partial charge in [0.2, 0.25) is 0 Å². The van der Waals surface area contributed by atoms with Crippen LogP contribution in [0.4, 0.5) is 18.0 Å². The first-order chi connectivity index (χ1) is 8.47. The van der Waals surface area contributed by atoms with E-state index in [2.05, 4.69) is 15.4 Å². The molecule has 18 heavy (non-hydrogen) atoms. The average Bonchev–Trinajstić information content (AvgIpc) is 2.77. The third-order valence-electron chi connectivity index (χ3n) is 1.80. The number of halogens is 3. The molecule has 0 atom stereocenters. The number of ether oxygens (including phenoxy) is 1. The first kappa shape index (κ1) is 14.4. The topological polar surface area (TPSA) is 63.5 Å². The van der Waals surface area contributed by atoms with Crippen LogP contribution in [0.3, 0.4) is 0 Å². The van der Waals surface area contributed by atoms with Crippen molar-refractivity contribution in [2.45, 2.75) is 12.7 Å². The molecule has 0 radical (unpaired) electrons. The van der Waals surface area contributed by atoms with E-state index in [9.17, 15) is 18.0 Å². The fourth-order valence-electron chi connectivity index (χ4n) is 1.07. The summed E-state index contributed by atoms with van der Waals surface area (Å²) in [6.07, 6.45) is -2.87. The van der Waals surface area contributed by atoms with Gasteiger partial charge in [-0.05, 0) is 12.1 Å². The maximum Gasteiger partial charge on any atom is 0.411 e. The van der Waals surface area contributed by atoms with Crippen LogP contribution in [0, 0.1) is 0 Å². The van der Waals surface area contributed by atoms with Crippen molar-refractivity contribution in [3.05, 3.63) is 24.2 Å². The summed E-state index contributed by atoms with van der Waals surface area (Å²) in [4.78, 5) is 11.2. The molecule has 0 bridgehead atoms. The minimum Gasteiger partial charge on any atom is -0.467 e. The quantitative estimate of drug-likeness (QED) is 0.770. The molecule has 5 nitrogen and oxygen atoms in total. The molecular weight excluding hydrogens is 253 g/mol. The first-order valence-corrected chi connectivity index (χ1v) is 5.16. The number of hydrogen-bond acceptors (Lipinski definition) is 3. The van der Waals surface area contributed by atoms with Gasteiger partial charge in [0.15, 0.2) is 0 Å². The number of hydrogen-bond donors (Lipinski definition) is 2. The molecule has 2 amide bonds. The lowest BCUT2D eigenvalue weighted by Crippen LogP contribution is -2.37. The Kier molecular flexibility index (Phi) is 5.50. The van der Waals surface area contributed by atoms with Crippen molar-refractivity contribution in [3.63, 3.8) is 0 Å². The van der Waals surface area contributed by atoms with E-state index in [1.54, 1.807) is 12.1 Å². The fourth-order valence-corrected chi connectivity index (χ4v) is 1.07. The fraction of sp³-hybridized carbons (Fsp3) is 0.500. The van der Waals surface area contributed by atoms with Crippen molar-refractivity contribution >= 4 is 6.03 Å². The summed E-state index contributed by atoms with van der Waals surface area (Å²) in [5, 5.41) is 4.82. The molecule has 1 rings (SSSR count). The Morgan fingerprint density at radius 2 is 2.17 bits per heavy atom. The van der Waals surface area contributed by atoms with Gasteiger partial charge in [-0.3, -0.25) is 0 Å². The lowest BCUT2D eigenvalue weighted by molar-refractivity contribution is -0.173. The zero-order chi connectivity index (χ0) is 13.4. The number of rotatable bonds is 6. The molecular formula is C10H13F3N2O3. The van der Waals surface area contributed by atoms with Crippen LogP contribution in [0.1, 0.15) is 5.76 Å². The standard InChI is InChI=1S/C10H13F3N2O3/c11-10(12,13)7-17-5-3-14-9(16)15-6-8-2-1-4-18-8/h1-2,4H,3,5-7H2,(H2,14,15,16). The number of urea groups is 1. The van der Waals surface area contributed by atoms with Gasteiger partial charge in [-0.2, -0.15) is 13.2 Å². The molecule has 8 heteroatoms. The second-order valence-corrected chi connectivity index (χ2v) is 3.36. The number of amides is 2. The van der Waals surface area contributed by atoms with E-state index in [-0.39, 0.29) is 19.7 Å². The van der Waals surface area contributed by atoms with E-state index in [4.69, 9.17) is 4.42 Å². The second kappa shape index (κ2) is 6.90. The molecule has 0 aliphatic heterocycles. The minimum absolute atomic E-state index is 0.0000676. The number of carbonyl (C=O) groups excluding carboxylic acids is 1. The van der Waals surface area contributed by atoms with Crippen molar-refractivity contribution in [1.82, 2.24) is 10.6 Å². The molecule has 0 fully saturated rings. The Balaban J connectivity index is 2.00. The number of furan rings is 1. The summed E-state index contributed by atoms with van der Waals surface area (Å²) >= 11 is 0. The van der Waals surface area contributed by atoms with Crippen molar-refractivity contribution in [2.75, 3.05) is 19.8 Å². The largest absolute Gasteiger partial charge is 0.467 e. The van der Waals surface area contributed by atoms with Gasteiger partial charge in [0, 0.05) is 6.54 Å². The Labute approximate surface area is 101 Å². The number of nitrogens with one attached hydrogen (secondary N) is 2. The lowest BCUT2D eigenvalue weighted by Gasteiger charge is -2.08. The van der Waals surface area contributed by atoms with Crippen LogP contribution < -0.4 is 10.6 Å². The Morgan fingerprint density at radius 1 is 1.39 bits per heavy atom. The molecule has 1 heterocycles. The molecule has 0 spiro atoms. The second-order valence-electron chi connectivity index (χ2n) is 3.36. The molecule has 0 saturated heterocycles. The van der Waals surface area contributed by atoms with Gasteiger partial charge in [-0.1, -0.05) is 0 Å². The molecule has 2 N–H and O–H groups in total. The SMILES string of the molecule is O=C(NCCOCC(F)(F)F)NCc1ccco1. The van der Waals surface area contributed by atoms with Gasteiger partial charge < -0.3 is 19.8 Å². The Bertz CT molecular complexity index is 352.